The molecule has 1 heterocycles. The lowest BCUT2D eigenvalue weighted by molar-refractivity contribution is 0.0442. The molecule has 0 amide bonds. The molecule has 1 aromatic carbocycles. The molecule has 1 aliphatic heterocycles. The number of fused-ring (bicyclic) bond motifs is 1. The molecule has 1 aliphatic rings. The van der Waals surface area contributed by atoms with Crippen LogP contribution in [0, 0.1) is 0 Å². The van der Waals surface area contributed by atoms with Crippen LogP contribution in [-0.2, 0) is 4.74 Å². The predicted octanol–water partition coefficient (Wildman–Crippen LogP) is 1.77. The number of benzene rings is 1. The second kappa shape index (κ2) is 3.09. The molecule has 0 bridgehead atoms. The van der Waals surface area contributed by atoms with E-state index in [1.54, 1.807) is 12.1 Å². The molecule has 0 atom stereocenters. The fourth-order valence-electron chi connectivity index (χ4n) is 1.32. The maximum Gasteiger partial charge on any atom is 0.350 e. The van der Waals surface area contributed by atoms with Crippen LogP contribution in [0.3, 0.4) is 0 Å². The van der Waals surface area contributed by atoms with E-state index in [2.05, 4.69) is 20.7 Å². The summed E-state index contributed by atoms with van der Waals surface area (Å²) < 4.78 is 9.96. The van der Waals surface area contributed by atoms with Gasteiger partial charge in [0.05, 0.1) is 12.7 Å². The van der Waals surface area contributed by atoms with E-state index < -0.39 is 11.9 Å². The lowest BCUT2D eigenvalue weighted by atomic mass is 10.1. The van der Waals surface area contributed by atoms with E-state index in [9.17, 15) is 9.59 Å². The summed E-state index contributed by atoms with van der Waals surface area (Å²) in [7, 11) is 1.43. The molecule has 1 aromatic rings. The first-order valence-electron chi connectivity index (χ1n) is 3.78. The molecule has 0 aromatic heterocycles. The van der Waals surface area contributed by atoms with Gasteiger partial charge in [0, 0.05) is 4.47 Å². The van der Waals surface area contributed by atoms with Crippen molar-refractivity contribution in [2.24, 2.45) is 0 Å². The van der Waals surface area contributed by atoms with Crippen LogP contribution in [0.15, 0.2) is 16.6 Å². The summed E-state index contributed by atoms with van der Waals surface area (Å²) in [6.45, 7) is 0. The zero-order valence-electron chi connectivity index (χ0n) is 7.17. The molecule has 0 unspecified atom stereocenters. The van der Waals surface area contributed by atoms with E-state index in [0.717, 1.165) is 0 Å². The zero-order valence-corrected chi connectivity index (χ0v) is 8.75. The van der Waals surface area contributed by atoms with Gasteiger partial charge >= 0.3 is 11.9 Å². The SMILES string of the molecule is COc1ccc(Br)c2c1C(=O)OC2=O. The van der Waals surface area contributed by atoms with Gasteiger partial charge in [-0.25, -0.2) is 9.59 Å². The molecule has 0 aliphatic carbocycles. The number of esters is 2. The number of carbonyl (C=O) groups is 2. The molecule has 72 valence electrons. The Labute approximate surface area is 87.9 Å². The number of hydrogen-bond acceptors (Lipinski definition) is 4. The number of carbonyl (C=O) groups excluding carboxylic acids is 2. The number of hydrogen-bond donors (Lipinski definition) is 0. The van der Waals surface area contributed by atoms with Crippen molar-refractivity contribution in [2.75, 3.05) is 7.11 Å². The molecule has 5 heteroatoms. The zero-order chi connectivity index (χ0) is 10.3. The highest BCUT2D eigenvalue weighted by molar-refractivity contribution is 9.10. The molecular formula is C9H5BrO4. The first kappa shape index (κ1) is 9.21. The van der Waals surface area contributed by atoms with E-state index in [1.165, 1.54) is 7.11 Å². The minimum Gasteiger partial charge on any atom is -0.496 e. The fourth-order valence-corrected chi connectivity index (χ4v) is 1.81. The van der Waals surface area contributed by atoms with Gasteiger partial charge in [-0.3, -0.25) is 0 Å². The molecule has 4 nitrogen and oxygen atoms in total. The number of methoxy groups -OCH3 is 1. The summed E-state index contributed by atoms with van der Waals surface area (Å²) in [6.07, 6.45) is 0. The van der Waals surface area contributed by atoms with Crippen molar-refractivity contribution in [3.05, 3.63) is 27.7 Å². The third-order valence-corrected chi connectivity index (χ3v) is 2.59. The molecular weight excluding hydrogens is 252 g/mol. The Hall–Kier alpha value is -1.36. The van der Waals surface area contributed by atoms with E-state index in [1.807, 2.05) is 0 Å². The largest absolute Gasteiger partial charge is 0.496 e. The average Bonchev–Trinajstić information content (AvgIpc) is 2.44. The summed E-state index contributed by atoms with van der Waals surface area (Å²) >= 11 is 3.17. The van der Waals surface area contributed by atoms with Crippen molar-refractivity contribution in [2.45, 2.75) is 0 Å². The van der Waals surface area contributed by atoms with Gasteiger partial charge in [0.25, 0.3) is 0 Å². The van der Waals surface area contributed by atoms with E-state index in [4.69, 9.17) is 4.74 Å². The highest BCUT2D eigenvalue weighted by atomic mass is 79.9. The smallest absolute Gasteiger partial charge is 0.350 e. The minimum absolute atomic E-state index is 0.187. The van der Waals surface area contributed by atoms with Crippen LogP contribution in [0.25, 0.3) is 0 Å². The topological polar surface area (TPSA) is 52.6 Å². The molecule has 2 rings (SSSR count). The highest BCUT2D eigenvalue weighted by Gasteiger charge is 2.35. The fraction of sp³-hybridized carbons (Fsp3) is 0.111. The Morgan fingerprint density at radius 1 is 1.21 bits per heavy atom. The average molecular weight is 257 g/mol. The van der Waals surface area contributed by atoms with E-state index >= 15 is 0 Å². The van der Waals surface area contributed by atoms with Crippen molar-refractivity contribution in [1.82, 2.24) is 0 Å². The minimum atomic E-state index is -0.664. The second-order valence-corrected chi connectivity index (χ2v) is 3.53. The van der Waals surface area contributed by atoms with Gasteiger partial charge in [0.15, 0.2) is 0 Å². The number of ether oxygens (including phenoxy) is 2. The quantitative estimate of drug-likeness (QED) is 0.568. The van der Waals surface area contributed by atoms with Crippen LogP contribution >= 0.6 is 15.9 Å². The van der Waals surface area contributed by atoms with Crippen LogP contribution in [-0.4, -0.2) is 19.0 Å². The maximum atomic E-state index is 11.3. The predicted molar refractivity (Wildman–Crippen MR) is 50.4 cm³/mol. The van der Waals surface area contributed by atoms with Crippen LogP contribution in [0.4, 0.5) is 0 Å². The monoisotopic (exact) mass is 256 g/mol. The molecule has 0 spiro atoms. The number of halogens is 1. The third-order valence-electron chi connectivity index (χ3n) is 1.93. The van der Waals surface area contributed by atoms with Gasteiger partial charge in [-0.1, -0.05) is 0 Å². The Balaban J connectivity index is 2.76. The van der Waals surface area contributed by atoms with Gasteiger partial charge in [0.2, 0.25) is 0 Å². The van der Waals surface area contributed by atoms with Gasteiger partial charge < -0.3 is 9.47 Å². The summed E-state index contributed by atoms with van der Waals surface area (Å²) in [5.41, 5.74) is 0.418. The van der Waals surface area contributed by atoms with Crippen LogP contribution < -0.4 is 4.74 Å². The number of rotatable bonds is 1. The first-order chi connectivity index (χ1) is 6.65. The van der Waals surface area contributed by atoms with Gasteiger partial charge in [0.1, 0.15) is 11.3 Å². The van der Waals surface area contributed by atoms with Crippen molar-refractivity contribution in [3.8, 4) is 5.75 Å². The Morgan fingerprint density at radius 2 is 1.86 bits per heavy atom. The normalized spacial score (nSPS) is 13.9. The maximum absolute atomic E-state index is 11.3. The van der Waals surface area contributed by atoms with Crippen molar-refractivity contribution >= 4 is 27.9 Å². The van der Waals surface area contributed by atoms with E-state index in [0.29, 0.717) is 10.2 Å². The van der Waals surface area contributed by atoms with Crippen LogP contribution in [0.2, 0.25) is 0 Å². The summed E-state index contributed by atoms with van der Waals surface area (Å²) in [4.78, 5) is 22.5. The lowest BCUT2D eigenvalue weighted by Gasteiger charge is -2.03. The summed E-state index contributed by atoms with van der Waals surface area (Å²) in [5, 5.41) is 0. The highest BCUT2D eigenvalue weighted by Crippen LogP contribution is 2.34. The lowest BCUT2D eigenvalue weighted by Crippen LogP contribution is -1.98. The number of cyclic esters (lactones) is 2. The van der Waals surface area contributed by atoms with Crippen LogP contribution in [0.5, 0.6) is 5.75 Å². The Morgan fingerprint density at radius 3 is 2.50 bits per heavy atom. The Bertz CT molecular complexity index is 439. The summed E-state index contributed by atoms with van der Waals surface area (Å²) in [5.74, 6) is -0.960. The summed E-state index contributed by atoms with van der Waals surface area (Å²) in [6, 6.07) is 3.24. The molecule has 0 saturated heterocycles. The van der Waals surface area contributed by atoms with Crippen molar-refractivity contribution in [3.63, 3.8) is 0 Å². The van der Waals surface area contributed by atoms with Gasteiger partial charge in [-0.2, -0.15) is 0 Å². The van der Waals surface area contributed by atoms with Crippen molar-refractivity contribution < 1.29 is 19.1 Å². The van der Waals surface area contributed by atoms with Crippen LogP contribution in [0.1, 0.15) is 20.7 Å². The first-order valence-corrected chi connectivity index (χ1v) is 4.57. The molecule has 0 fully saturated rings. The molecule has 0 N–H and O–H groups in total. The second-order valence-electron chi connectivity index (χ2n) is 2.68. The van der Waals surface area contributed by atoms with Gasteiger partial charge in [-0.05, 0) is 28.1 Å². The molecule has 14 heavy (non-hydrogen) atoms. The van der Waals surface area contributed by atoms with Gasteiger partial charge in [-0.15, -0.1) is 0 Å². The third kappa shape index (κ3) is 1.13. The van der Waals surface area contributed by atoms with Crippen molar-refractivity contribution in [1.29, 1.82) is 0 Å². The molecule has 0 radical (unpaired) electrons. The molecule has 0 saturated carbocycles. The standard InChI is InChI=1S/C9H5BrO4/c1-13-5-3-2-4(10)6-7(5)9(12)14-8(6)11/h2-3H,1H3. The van der Waals surface area contributed by atoms with E-state index in [-0.39, 0.29) is 11.1 Å². The Kier molecular flexibility index (Phi) is 2.03.